The highest BCUT2D eigenvalue weighted by Crippen LogP contribution is 2.01. The van der Waals surface area contributed by atoms with Crippen molar-refractivity contribution in [2.24, 2.45) is 5.84 Å². The monoisotopic (exact) mass is 239 g/mol. The Hall–Kier alpha value is -1.50. The largest absolute Gasteiger partial charge is 0.381 e. The molecule has 0 fully saturated rings. The van der Waals surface area contributed by atoms with Gasteiger partial charge in [-0.3, -0.25) is 9.78 Å². The van der Waals surface area contributed by atoms with Crippen LogP contribution in [0.25, 0.3) is 0 Å². The van der Waals surface area contributed by atoms with Gasteiger partial charge in [-0.15, -0.1) is 0 Å². The zero-order chi connectivity index (χ0) is 12.3. The molecule has 0 saturated carbocycles. The standard InChI is InChI=1S/C11H17N3O3/c12-14-17-11(15)5-9-16-8-1-2-10-3-6-13-7-4-10/h3-4,6-7,14H,1-2,5,8-9,12H2. The molecule has 0 unspecified atom stereocenters. The molecule has 0 aliphatic carbocycles. The number of hydrogen-bond donors (Lipinski definition) is 2. The summed E-state index contributed by atoms with van der Waals surface area (Å²) >= 11 is 0. The molecule has 0 aliphatic heterocycles. The average Bonchev–Trinajstić information content (AvgIpc) is 2.35. The first kappa shape index (κ1) is 13.6. The van der Waals surface area contributed by atoms with Crippen LogP contribution in [-0.2, 0) is 20.8 Å². The molecule has 0 spiro atoms. The summed E-state index contributed by atoms with van der Waals surface area (Å²) in [7, 11) is 0. The summed E-state index contributed by atoms with van der Waals surface area (Å²) in [6, 6.07) is 3.95. The van der Waals surface area contributed by atoms with Crippen LogP contribution in [-0.4, -0.2) is 24.2 Å². The summed E-state index contributed by atoms with van der Waals surface area (Å²) in [6.07, 6.45) is 5.59. The Bertz CT molecular complexity index is 319. The maximum atomic E-state index is 10.8. The van der Waals surface area contributed by atoms with Gasteiger partial charge < -0.3 is 9.57 Å². The Morgan fingerprint density at radius 2 is 2.12 bits per heavy atom. The van der Waals surface area contributed by atoms with E-state index >= 15 is 0 Å². The Morgan fingerprint density at radius 1 is 1.35 bits per heavy atom. The fourth-order valence-corrected chi connectivity index (χ4v) is 1.30. The van der Waals surface area contributed by atoms with Crippen LogP contribution in [0.3, 0.4) is 0 Å². The minimum atomic E-state index is -0.429. The lowest BCUT2D eigenvalue weighted by molar-refractivity contribution is -0.152. The molecule has 1 heterocycles. The number of pyridine rings is 1. The van der Waals surface area contributed by atoms with Crippen molar-refractivity contribution in [1.82, 2.24) is 10.6 Å². The van der Waals surface area contributed by atoms with Crippen LogP contribution in [0.1, 0.15) is 18.4 Å². The van der Waals surface area contributed by atoms with Crippen LogP contribution in [0, 0.1) is 0 Å². The number of ether oxygens (including phenoxy) is 1. The van der Waals surface area contributed by atoms with Crippen molar-refractivity contribution < 1.29 is 14.4 Å². The van der Waals surface area contributed by atoms with Crippen LogP contribution < -0.4 is 11.4 Å². The number of aromatic nitrogens is 1. The minimum Gasteiger partial charge on any atom is -0.381 e. The molecule has 0 radical (unpaired) electrons. The number of carbonyl (C=O) groups is 1. The molecular weight excluding hydrogens is 222 g/mol. The molecule has 0 atom stereocenters. The van der Waals surface area contributed by atoms with Crippen molar-refractivity contribution in [2.45, 2.75) is 19.3 Å². The summed E-state index contributed by atoms with van der Waals surface area (Å²) in [4.78, 5) is 19.1. The first-order chi connectivity index (χ1) is 8.33. The summed E-state index contributed by atoms with van der Waals surface area (Å²) in [5.74, 6) is 4.38. The second kappa shape index (κ2) is 8.63. The number of nitrogens with two attached hydrogens (primary N) is 1. The number of hydrogen-bond acceptors (Lipinski definition) is 6. The topological polar surface area (TPSA) is 86.5 Å². The van der Waals surface area contributed by atoms with Crippen molar-refractivity contribution >= 4 is 5.97 Å². The van der Waals surface area contributed by atoms with E-state index < -0.39 is 5.97 Å². The molecule has 0 amide bonds. The molecule has 6 nitrogen and oxygen atoms in total. The van der Waals surface area contributed by atoms with E-state index in [1.807, 2.05) is 17.7 Å². The summed E-state index contributed by atoms with van der Waals surface area (Å²) < 4.78 is 5.29. The zero-order valence-electron chi connectivity index (χ0n) is 9.59. The molecule has 1 aromatic rings. The predicted molar refractivity (Wildman–Crippen MR) is 61.4 cm³/mol. The van der Waals surface area contributed by atoms with Crippen LogP contribution in [0.5, 0.6) is 0 Å². The average molecular weight is 239 g/mol. The molecule has 17 heavy (non-hydrogen) atoms. The van der Waals surface area contributed by atoms with E-state index in [2.05, 4.69) is 9.82 Å². The number of carbonyl (C=O) groups excluding carboxylic acids is 1. The van der Waals surface area contributed by atoms with Gasteiger partial charge in [-0.2, -0.15) is 0 Å². The quantitative estimate of drug-likeness (QED) is 0.386. The lowest BCUT2D eigenvalue weighted by Crippen LogP contribution is -2.26. The van der Waals surface area contributed by atoms with Gasteiger partial charge in [-0.25, -0.2) is 5.84 Å². The highest BCUT2D eigenvalue weighted by molar-refractivity contribution is 5.69. The number of nitrogens with one attached hydrogen (secondary N) is 1. The molecule has 1 rings (SSSR count). The maximum absolute atomic E-state index is 10.8. The summed E-state index contributed by atoms with van der Waals surface area (Å²) in [6.45, 7) is 0.961. The molecule has 0 aromatic carbocycles. The molecular formula is C11H17N3O3. The molecule has 0 aliphatic rings. The van der Waals surface area contributed by atoms with Gasteiger partial charge in [0.2, 0.25) is 0 Å². The van der Waals surface area contributed by atoms with E-state index in [1.54, 1.807) is 12.4 Å². The molecule has 3 N–H and O–H groups in total. The Kier molecular flexibility index (Phi) is 6.89. The summed E-state index contributed by atoms with van der Waals surface area (Å²) in [5, 5.41) is 0. The first-order valence-corrected chi connectivity index (χ1v) is 5.45. The highest BCUT2D eigenvalue weighted by atomic mass is 16.7. The normalized spacial score (nSPS) is 10.2. The van der Waals surface area contributed by atoms with Gasteiger partial charge in [0.1, 0.15) is 0 Å². The minimum absolute atomic E-state index is 0.194. The van der Waals surface area contributed by atoms with Crippen molar-refractivity contribution in [3.05, 3.63) is 30.1 Å². The Labute approximate surface area is 100 Å². The number of aryl methyl sites for hydroxylation is 1. The predicted octanol–water partition coefficient (Wildman–Crippen LogP) is 0.342. The van der Waals surface area contributed by atoms with Crippen LogP contribution >= 0.6 is 0 Å². The second-order valence-corrected chi connectivity index (χ2v) is 3.41. The zero-order valence-corrected chi connectivity index (χ0v) is 9.59. The number of nitrogens with zero attached hydrogens (tertiary/aromatic N) is 1. The van der Waals surface area contributed by atoms with E-state index in [1.165, 1.54) is 5.56 Å². The van der Waals surface area contributed by atoms with Crippen molar-refractivity contribution in [3.63, 3.8) is 0 Å². The van der Waals surface area contributed by atoms with Gasteiger partial charge >= 0.3 is 5.97 Å². The molecule has 0 saturated heterocycles. The maximum Gasteiger partial charge on any atom is 0.328 e. The number of hydrazine groups is 1. The molecule has 6 heteroatoms. The smallest absolute Gasteiger partial charge is 0.328 e. The lowest BCUT2D eigenvalue weighted by atomic mass is 10.1. The van der Waals surface area contributed by atoms with E-state index in [9.17, 15) is 4.79 Å². The van der Waals surface area contributed by atoms with E-state index in [4.69, 9.17) is 10.6 Å². The molecule has 94 valence electrons. The fourth-order valence-electron chi connectivity index (χ4n) is 1.30. The molecule has 1 aromatic heterocycles. The van der Waals surface area contributed by atoms with Gasteiger partial charge in [0.05, 0.1) is 13.0 Å². The van der Waals surface area contributed by atoms with E-state index in [0.29, 0.717) is 13.2 Å². The SMILES string of the molecule is NNOC(=O)CCOCCCc1ccncc1. The van der Waals surface area contributed by atoms with Gasteiger partial charge in [-0.1, -0.05) is 5.59 Å². The van der Waals surface area contributed by atoms with Gasteiger partial charge in [0.25, 0.3) is 0 Å². The van der Waals surface area contributed by atoms with Crippen LogP contribution in [0.15, 0.2) is 24.5 Å². The van der Waals surface area contributed by atoms with Gasteiger partial charge in [-0.05, 0) is 30.5 Å². The lowest BCUT2D eigenvalue weighted by Gasteiger charge is -2.04. The molecule has 0 bridgehead atoms. The third-order valence-electron chi connectivity index (χ3n) is 2.13. The van der Waals surface area contributed by atoms with E-state index in [0.717, 1.165) is 12.8 Å². The summed E-state index contributed by atoms with van der Waals surface area (Å²) in [5.41, 5.74) is 3.06. The third kappa shape index (κ3) is 6.62. The fraction of sp³-hybridized carbons (Fsp3) is 0.455. The van der Waals surface area contributed by atoms with Crippen LogP contribution in [0.4, 0.5) is 0 Å². The first-order valence-electron chi connectivity index (χ1n) is 5.45. The van der Waals surface area contributed by atoms with Crippen LogP contribution in [0.2, 0.25) is 0 Å². The van der Waals surface area contributed by atoms with Crippen molar-refractivity contribution in [2.75, 3.05) is 13.2 Å². The Balaban J connectivity index is 1.96. The van der Waals surface area contributed by atoms with Crippen molar-refractivity contribution in [3.8, 4) is 0 Å². The number of rotatable bonds is 8. The van der Waals surface area contributed by atoms with Crippen molar-refractivity contribution in [1.29, 1.82) is 0 Å². The Morgan fingerprint density at radius 3 is 2.82 bits per heavy atom. The second-order valence-electron chi connectivity index (χ2n) is 3.41. The van der Waals surface area contributed by atoms with E-state index in [-0.39, 0.29) is 6.42 Å². The third-order valence-corrected chi connectivity index (χ3v) is 2.13. The van der Waals surface area contributed by atoms with Gasteiger partial charge in [0.15, 0.2) is 0 Å². The highest BCUT2D eigenvalue weighted by Gasteiger charge is 2.01. The van der Waals surface area contributed by atoms with Gasteiger partial charge in [0, 0.05) is 19.0 Å².